The molecule has 0 spiro atoms. The number of pyridine rings is 1. The van der Waals surface area contributed by atoms with Crippen molar-refractivity contribution in [1.29, 1.82) is 0 Å². The second-order valence-corrected chi connectivity index (χ2v) is 6.93. The average molecular weight is 314 g/mol. The molecule has 1 aromatic rings. The molecule has 0 aliphatic carbocycles. The Hall–Kier alpha value is -1.38. The van der Waals surface area contributed by atoms with Crippen LogP contribution in [-0.4, -0.2) is 62.9 Å². The molecule has 7 nitrogen and oxygen atoms in total. The number of hydrogen-bond donors (Lipinski definition) is 1. The van der Waals surface area contributed by atoms with Gasteiger partial charge >= 0.3 is 0 Å². The summed E-state index contributed by atoms with van der Waals surface area (Å²) < 4.78 is 31.0. The van der Waals surface area contributed by atoms with E-state index in [0.29, 0.717) is 38.6 Å². The minimum absolute atomic E-state index is 0.0459. The summed E-state index contributed by atoms with van der Waals surface area (Å²) in [7, 11) is -3.22. The van der Waals surface area contributed by atoms with Gasteiger partial charge in [-0.05, 0) is 19.1 Å². The van der Waals surface area contributed by atoms with Crippen LogP contribution in [0, 0.1) is 0 Å². The van der Waals surface area contributed by atoms with Crippen LogP contribution in [0.15, 0.2) is 18.3 Å². The Balaban J connectivity index is 1.89. The number of hydrogen-bond acceptors (Lipinski definition) is 6. The van der Waals surface area contributed by atoms with Crippen LogP contribution in [0.4, 0.5) is 11.5 Å². The van der Waals surface area contributed by atoms with E-state index in [9.17, 15) is 8.42 Å². The van der Waals surface area contributed by atoms with Gasteiger partial charge in [0.1, 0.15) is 5.82 Å². The first kappa shape index (κ1) is 16.0. The molecule has 0 atom stereocenters. The molecule has 0 aromatic carbocycles. The highest BCUT2D eigenvalue weighted by atomic mass is 32.2. The van der Waals surface area contributed by atoms with Gasteiger partial charge in [-0.3, -0.25) is 0 Å². The van der Waals surface area contributed by atoms with Crippen molar-refractivity contribution in [2.24, 2.45) is 0 Å². The van der Waals surface area contributed by atoms with Gasteiger partial charge in [0, 0.05) is 32.8 Å². The van der Waals surface area contributed by atoms with Crippen LogP contribution in [0.3, 0.4) is 0 Å². The number of piperazine rings is 1. The maximum atomic E-state index is 12.1. The monoisotopic (exact) mass is 314 g/mol. The van der Waals surface area contributed by atoms with Gasteiger partial charge in [0.2, 0.25) is 10.0 Å². The molecule has 0 bridgehead atoms. The van der Waals surface area contributed by atoms with E-state index >= 15 is 0 Å². The number of rotatable bonds is 6. The molecule has 2 rings (SSSR count). The van der Waals surface area contributed by atoms with Crippen molar-refractivity contribution in [3.8, 4) is 0 Å². The molecule has 1 aliphatic rings. The van der Waals surface area contributed by atoms with Gasteiger partial charge in [-0.2, -0.15) is 4.31 Å². The summed E-state index contributed by atoms with van der Waals surface area (Å²) in [5.74, 6) is 0.528. The molecule has 2 N–H and O–H groups in total. The Bertz CT molecular complexity index is 539. The van der Waals surface area contributed by atoms with Gasteiger partial charge in [-0.1, -0.05) is 0 Å². The topological polar surface area (TPSA) is 88.8 Å². The van der Waals surface area contributed by atoms with Crippen molar-refractivity contribution < 1.29 is 13.2 Å². The molecular weight excluding hydrogens is 292 g/mol. The summed E-state index contributed by atoms with van der Waals surface area (Å²) in [6.45, 7) is 4.91. The van der Waals surface area contributed by atoms with Crippen LogP contribution < -0.4 is 10.6 Å². The molecule has 1 fully saturated rings. The van der Waals surface area contributed by atoms with E-state index < -0.39 is 10.0 Å². The van der Waals surface area contributed by atoms with Gasteiger partial charge in [0.05, 0.1) is 24.2 Å². The van der Waals surface area contributed by atoms with Crippen LogP contribution >= 0.6 is 0 Å². The largest absolute Gasteiger partial charge is 0.384 e. The summed E-state index contributed by atoms with van der Waals surface area (Å²) in [5.41, 5.74) is 6.53. The minimum Gasteiger partial charge on any atom is -0.384 e. The first-order chi connectivity index (χ1) is 10.0. The Morgan fingerprint density at radius 2 is 2.00 bits per heavy atom. The molecule has 1 saturated heterocycles. The van der Waals surface area contributed by atoms with Crippen molar-refractivity contribution in [2.75, 3.05) is 55.8 Å². The van der Waals surface area contributed by atoms with Crippen molar-refractivity contribution in [3.05, 3.63) is 18.3 Å². The summed E-state index contributed by atoms with van der Waals surface area (Å²) in [6, 6.07) is 3.65. The predicted octanol–water partition coefficient (Wildman–Crippen LogP) is 0.152. The summed E-state index contributed by atoms with van der Waals surface area (Å²) in [4.78, 5) is 6.17. The number of nitrogen functional groups attached to an aromatic ring is 1. The number of sulfonamides is 1. The Kier molecular flexibility index (Phi) is 5.38. The lowest BCUT2D eigenvalue weighted by Gasteiger charge is -2.35. The third-order valence-corrected chi connectivity index (χ3v) is 5.29. The molecular formula is C13H22N4O3S. The lowest BCUT2D eigenvalue weighted by atomic mass is 10.3. The zero-order valence-electron chi connectivity index (χ0n) is 12.2. The van der Waals surface area contributed by atoms with Crippen molar-refractivity contribution >= 4 is 21.5 Å². The maximum Gasteiger partial charge on any atom is 0.216 e. The van der Waals surface area contributed by atoms with Crippen molar-refractivity contribution in [2.45, 2.75) is 6.92 Å². The van der Waals surface area contributed by atoms with E-state index in [0.717, 1.165) is 5.69 Å². The van der Waals surface area contributed by atoms with Gasteiger partial charge in [-0.15, -0.1) is 0 Å². The highest BCUT2D eigenvalue weighted by Gasteiger charge is 2.26. The van der Waals surface area contributed by atoms with Gasteiger partial charge < -0.3 is 15.4 Å². The van der Waals surface area contributed by atoms with Crippen molar-refractivity contribution in [1.82, 2.24) is 9.29 Å². The second-order valence-electron chi connectivity index (χ2n) is 4.84. The van der Waals surface area contributed by atoms with Crippen LogP contribution in [-0.2, 0) is 14.8 Å². The van der Waals surface area contributed by atoms with Gasteiger partial charge in [0.15, 0.2) is 0 Å². The summed E-state index contributed by atoms with van der Waals surface area (Å²) in [5, 5.41) is 0. The van der Waals surface area contributed by atoms with Crippen LogP contribution in [0.2, 0.25) is 0 Å². The number of nitrogens with two attached hydrogens (primary N) is 1. The molecule has 0 amide bonds. The number of anilines is 2. The van der Waals surface area contributed by atoms with E-state index in [1.54, 1.807) is 12.3 Å². The standard InChI is InChI=1S/C13H22N4O3S/c1-2-20-9-10-21(18,19)17-7-5-16(6-8-17)12-3-4-13(14)15-11-12/h3-4,11H,2,5-10H2,1H3,(H2,14,15). The van der Waals surface area contributed by atoms with Crippen LogP contribution in [0.25, 0.3) is 0 Å². The average Bonchev–Trinajstić information content (AvgIpc) is 2.48. The Morgan fingerprint density at radius 1 is 1.29 bits per heavy atom. The van der Waals surface area contributed by atoms with E-state index in [-0.39, 0.29) is 12.4 Å². The predicted molar refractivity (Wildman–Crippen MR) is 82.7 cm³/mol. The molecule has 2 heterocycles. The molecule has 21 heavy (non-hydrogen) atoms. The highest BCUT2D eigenvalue weighted by Crippen LogP contribution is 2.17. The Labute approximate surface area is 125 Å². The van der Waals surface area contributed by atoms with E-state index in [1.807, 2.05) is 13.0 Å². The third-order valence-electron chi connectivity index (χ3n) is 3.46. The zero-order chi connectivity index (χ0) is 15.3. The molecule has 118 valence electrons. The van der Waals surface area contributed by atoms with Crippen LogP contribution in [0.1, 0.15) is 6.92 Å². The molecule has 8 heteroatoms. The number of nitrogens with zero attached hydrogens (tertiary/aromatic N) is 3. The maximum absolute atomic E-state index is 12.1. The van der Waals surface area contributed by atoms with Crippen molar-refractivity contribution in [3.63, 3.8) is 0 Å². The highest BCUT2D eigenvalue weighted by molar-refractivity contribution is 7.89. The lowest BCUT2D eigenvalue weighted by molar-refractivity contribution is 0.162. The molecule has 0 saturated carbocycles. The van der Waals surface area contributed by atoms with Gasteiger partial charge in [0.25, 0.3) is 0 Å². The number of aromatic nitrogens is 1. The summed E-state index contributed by atoms with van der Waals surface area (Å²) in [6.07, 6.45) is 1.72. The van der Waals surface area contributed by atoms with E-state index in [4.69, 9.17) is 10.5 Å². The summed E-state index contributed by atoms with van der Waals surface area (Å²) >= 11 is 0. The minimum atomic E-state index is -3.22. The van der Waals surface area contributed by atoms with Crippen LogP contribution in [0.5, 0.6) is 0 Å². The van der Waals surface area contributed by atoms with E-state index in [1.165, 1.54) is 4.31 Å². The molecule has 0 unspecified atom stereocenters. The fraction of sp³-hybridized carbons (Fsp3) is 0.615. The first-order valence-electron chi connectivity index (χ1n) is 7.05. The first-order valence-corrected chi connectivity index (χ1v) is 8.66. The lowest BCUT2D eigenvalue weighted by Crippen LogP contribution is -2.49. The third kappa shape index (κ3) is 4.29. The number of ether oxygens (including phenoxy) is 1. The molecule has 1 aromatic heterocycles. The second kappa shape index (κ2) is 7.06. The smallest absolute Gasteiger partial charge is 0.216 e. The molecule has 0 radical (unpaired) electrons. The Morgan fingerprint density at radius 3 is 2.57 bits per heavy atom. The normalized spacial score (nSPS) is 17.1. The fourth-order valence-corrected chi connectivity index (χ4v) is 3.55. The fourth-order valence-electron chi connectivity index (χ4n) is 2.25. The molecule has 1 aliphatic heterocycles. The zero-order valence-corrected chi connectivity index (χ0v) is 13.1. The quantitative estimate of drug-likeness (QED) is 0.752. The SMILES string of the molecule is CCOCCS(=O)(=O)N1CCN(c2ccc(N)nc2)CC1. The van der Waals surface area contributed by atoms with Gasteiger partial charge in [-0.25, -0.2) is 13.4 Å². The van der Waals surface area contributed by atoms with E-state index in [2.05, 4.69) is 9.88 Å².